The van der Waals surface area contributed by atoms with Gasteiger partial charge in [-0.25, -0.2) is 0 Å². The Morgan fingerprint density at radius 2 is 2.18 bits per heavy atom. The van der Waals surface area contributed by atoms with Gasteiger partial charge in [-0.15, -0.1) is 0 Å². The normalized spacial score (nSPS) is 12.6. The van der Waals surface area contributed by atoms with Gasteiger partial charge in [-0.1, -0.05) is 13.0 Å². The van der Waals surface area contributed by atoms with Crippen LogP contribution in [0.2, 0.25) is 0 Å². The van der Waals surface area contributed by atoms with Crippen molar-refractivity contribution in [3.05, 3.63) is 36.5 Å². The summed E-state index contributed by atoms with van der Waals surface area (Å²) in [5.41, 5.74) is 2.14. The van der Waals surface area contributed by atoms with Crippen LogP contribution in [0.3, 0.4) is 0 Å². The van der Waals surface area contributed by atoms with Crippen molar-refractivity contribution in [2.24, 2.45) is 0 Å². The fourth-order valence-electron chi connectivity index (χ4n) is 1.91. The lowest BCUT2D eigenvalue weighted by atomic mass is 10.1. The van der Waals surface area contributed by atoms with Crippen molar-refractivity contribution >= 4 is 16.6 Å². The van der Waals surface area contributed by atoms with E-state index in [1.807, 2.05) is 24.4 Å². The number of benzene rings is 1. The highest BCUT2D eigenvalue weighted by molar-refractivity contribution is 5.91. The summed E-state index contributed by atoms with van der Waals surface area (Å²) in [5.74, 6) is 0. The molecule has 90 valence electrons. The first-order valence-electron chi connectivity index (χ1n) is 5.94. The van der Waals surface area contributed by atoms with E-state index in [2.05, 4.69) is 29.4 Å². The van der Waals surface area contributed by atoms with E-state index in [-0.39, 0.29) is 0 Å². The van der Waals surface area contributed by atoms with Gasteiger partial charge in [-0.3, -0.25) is 4.98 Å². The maximum absolute atomic E-state index is 5.20. The quantitative estimate of drug-likeness (QED) is 0.857. The van der Waals surface area contributed by atoms with E-state index in [9.17, 15) is 0 Å². The minimum atomic E-state index is 0.339. The van der Waals surface area contributed by atoms with Gasteiger partial charge in [0.25, 0.3) is 0 Å². The summed E-state index contributed by atoms with van der Waals surface area (Å²) in [4.78, 5) is 4.35. The molecule has 0 aliphatic rings. The number of nitrogens with zero attached hydrogens (tertiary/aromatic N) is 1. The highest BCUT2D eigenvalue weighted by Gasteiger charge is 2.07. The SMILES string of the molecule is CCC(COC)Nc1cccc2ncccc12. The fourth-order valence-corrected chi connectivity index (χ4v) is 1.91. The number of rotatable bonds is 5. The third-order valence-corrected chi connectivity index (χ3v) is 2.87. The number of hydrogen-bond acceptors (Lipinski definition) is 3. The third kappa shape index (κ3) is 2.74. The summed E-state index contributed by atoms with van der Waals surface area (Å²) < 4.78 is 5.20. The van der Waals surface area contributed by atoms with Crippen molar-refractivity contribution in [3.8, 4) is 0 Å². The van der Waals surface area contributed by atoms with Crippen LogP contribution in [-0.2, 0) is 4.74 Å². The first-order valence-corrected chi connectivity index (χ1v) is 5.94. The van der Waals surface area contributed by atoms with Crippen molar-refractivity contribution < 1.29 is 4.74 Å². The molecule has 2 aromatic rings. The molecule has 1 N–H and O–H groups in total. The molecule has 3 nitrogen and oxygen atoms in total. The molecule has 0 fully saturated rings. The molecule has 1 aromatic heterocycles. The van der Waals surface area contributed by atoms with Crippen molar-refractivity contribution in [3.63, 3.8) is 0 Å². The van der Waals surface area contributed by atoms with Crippen LogP contribution in [0.25, 0.3) is 10.9 Å². The van der Waals surface area contributed by atoms with E-state index in [0.29, 0.717) is 12.6 Å². The Bertz CT molecular complexity index is 479. The summed E-state index contributed by atoms with van der Waals surface area (Å²) in [6.07, 6.45) is 2.85. The standard InChI is InChI=1S/C14H18N2O/c1-3-11(10-17-2)16-14-8-4-7-13-12(14)6-5-9-15-13/h4-9,11,16H,3,10H2,1-2H3. The smallest absolute Gasteiger partial charge is 0.0722 e. The van der Waals surface area contributed by atoms with Crippen LogP contribution in [-0.4, -0.2) is 24.7 Å². The highest BCUT2D eigenvalue weighted by atomic mass is 16.5. The third-order valence-electron chi connectivity index (χ3n) is 2.87. The first kappa shape index (κ1) is 11.9. The predicted octanol–water partition coefficient (Wildman–Crippen LogP) is 3.07. The molecule has 1 atom stereocenters. The molecular formula is C14H18N2O. The minimum absolute atomic E-state index is 0.339. The zero-order chi connectivity index (χ0) is 12.1. The number of pyridine rings is 1. The van der Waals surface area contributed by atoms with Crippen LogP contribution < -0.4 is 5.32 Å². The Labute approximate surface area is 102 Å². The average Bonchev–Trinajstić information content (AvgIpc) is 2.38. The number of aromatic nitrogens is 1. The van der Waals surface area contributed by atoms with Gasteiger partial charge in [0, 0.05) is 30.4 Å². The Morgan fingerprint density at radius 1 is 1.29 bits per heavy atom. The zero-order valence-corrected chi connectivity index (χ0v) is 10.3. The maximum Gasteiger partial charge on any atom is 0.0722 e. The van der Waals surface area contributed by atoms with Gasteiger partial charge >= 0.3 is 0 Å². The van der Waals surface area contributed by atoms with Crippen molar-refractivity contribution in [1.82, 2.24) is 4.98 Å². The van der Waals surface area contributed by atoms with E-state index in [1.54, 1.807) is 7.11 Å². The van der Waals surface area contributed by atoms with Crippen LogP contribution >= 0.6 is 0 Å². The molecule has 1 aromatic carbocycles. The summed E-state index contributed by atoms with van der Waals surface area (Å²) >= 11 is 0. The second-order valence-corrected chi connectivity index (χ2v) is 4.08. The first-order chi connectivity index (χ1) is 8.35. The molecule has 1 heterocycles. The lowest BCUT2D eigenvalue weighted by molar-refractivity contribution is 0.184. The molecule has 0 bridgehead atoms. The number of methoxy groups -OCH3 is 1. The summed E-state index contributed by atoms with van der Waals surface area (Å²) in [6, 6.07) is 10.5. The molecule has 0 spiro atoms. The Balaban J connectivity index is 2.28. The van der Waals surface area contributed by atoms with Crippen LogP contribution in [0.5, 0.6) is 0 Å². The summed E-state index contributed by atoms with van der Waals surface area (Å²) in [6.45, 7) is 2.87. The molecule has 0 aliphatic carbocycles. The average molecular weight is 230 g/mol. The van der Waals surface area contributed by atoms with E-state index in [0.717, 1.165) is 23.0 Å². The van der Waals surface area contributed by atoms with Crippen LogP contribution in [0.15, 0.2) is 36.5 Å². The van der Waals surface area contributed by atoms with E-state index in [1.165, 1.54) is 0 Å². The molecule has 2 rings (SSSR count). The van der Waals surface area contributed by atoms with Gasteiger partial charge in [-0.2, -0.15) is 0 Å². The second-order valence-electron chi connectivity index (χ2n) is 4.08. The van der Waals surface area contributed by atoms with Gasteiger partial charge in [0.15, 0.2) is 0 Å². The number of ether oxygens (including phenoxy) is 1. The Hall–Kier alpha value is -1.61. The van der Waals surface area contributed by atoms with Gasteiger partial charge in [0.1, 0.15) is 0 Å². The predicted molar refractivity (Wildman–Crippen MR) is 71.3 cm³/mol. The molecule has 0 aliphatic heterocycles. The van der Waals surface area contributed by atoms with E-state index in [4.69, 9.17) is 4.74 Å². The highest BCUT2D eigenvalue weighted by Crippen LogP contribution is 2.22. The number of nitrogens with one attached hydrogen (secondary N) is 1. The fraction of sp³-hybridized carbons (Fsp3) is 0.357. The maximum atomic E-state index is 5.20. The molecule has 1 unspecified atom stereocenters. The van der Waals surface area contributed by atoms with Crippen LogP contribution in [0, 0.1) is 0 Å². The molecule has 0 amide bonds. The minimum Gasteiger partial charge on any atom is -0.383 e. The Morgan fingerprint density at radius 3 is 2.94 bits per heavy atom. The van der Waals surface area contributed by atoms with Gasteiger partial charge in [-0.05, 0) is 30.7 Å². The van der Waals surface area contributed by atoms with E-state index < -0.39 is 0 Å². The lowest BCUT2D eigenvalue weighted by Gasteiger charge is -2.18. The van der Waals surface area contributed by atoms with Crippen molar-refractivity contribution in [2.75, 3.05) is 19.0 Å². The van der Waals surface area contributed by atoms with Crippen LogP contribution in [0.1, 0.15) is 13.3 Å². The number of fused-ring (bicyclic) bond motifs is 1. The zero-order valence-electron chi connectivity index (χ0n) is 10.3. The summed E-state index contributed by atoms with van der Waals surface area (Å²) in [7, 11) is 1.73. The van der Waals surface area contributed by atoms with Crippen molar-refractivity contribution in [1.29, 1.82) is 0 Å². The number of hydrogen-bond donors (Lipinski definition) is 1. The van der Waals surface area contributed by atoms with Gasteiger partial charge in [0.2, 0.25) is 0 Å². The molecular weight excluding hydrogens is 212 g/mol. The monoisotopic (exact) mass is 230 g/mol. The van der Waals surface area contributed by atoms with Crippen molar-refractivity contribution in [2.45, 2.75) is 19.4 Å². The summed E-state index contributed by atoms with van der Waals surface area (Å²) in [5, 5.41) is 4.66. The largest absolute Gasteiger partial charge is 0.383 e. The molecule has 0 saturated heterocycles. The van der Waals surface area contributed by atoms with E-state index >= 15 is 0 Å². The lowest BCUT2D eigenvalue weighted by Crippen LogP contribution is -2.23. The second kappa shape index (κ2) is 5.64. The molecule has 0 saturated carbocycles. The topological polar surface area (TPSA) is 34.1 Å². The van der Waals surface area contributed by atoms with Gasteiger partial charge in [0.05, 0.1) is 12.1 Å². The number of anilines is 1. The Kier molecular flexibility index (Phi) is 3.94. The van der Waals surface area contributed by atoms with Gasteiger partial charge < -0.3 is 10.1 Å². The van der Waals surface area contributed by atoms with Crippen LogP contribution in [0.4, 0.5) is 5.69 Å². The molecule has 3 heteroatoms. The molecule has 17 heavy (non-hydrogen) atoms. The molecule has 0 radical (unpaired) electrons.